The molecule has 276 valence electrons. The third-order valence-corrected chi connectivity index (χ3v) is 11.1. The molecule has 0 saturated heterocycles. The van der Waals surface area contributed by atoms with Crippen LogP contribution in [0.25, 0.3) is 117 Å². The van der Waals surface area contributed by atoms with Crippen LogP contribution in [0.15, 0.2) is 197 Å². The van der Waals surface area contributed by atoms with Crippen molar-refractivity contribution in [2.45, 2.75) is 0 Å². The SMILES string of the molecule is c1ccc(-c2nc(-c3ccccc3)nc(-c3ccc4nc(-c5cccc(-n6c7ccccc7c7cc(-c8cccc9c8oc8ccccc89)ccc76)c5)oc4c3)n2)cc1. The first-order chi connectivity index (χ1) is 29.2. The maximum absolute atomic E-state index is 6.51. The molecule has 0 unspecified atom stereocenters. The average molecular weight is 758 g/mol. The molecule has 8 aromatic carbocycles. The Hall–Kier alpha value is -8.16. The predicted octanol–water partition coefficient (Wildman–Crippen LogP) is 13.3. The zero-order valence-corrected chi connectivity index (χ0v) is 31.5. The van der Waals surface area contributed by atoms with Gasteiger partial charge in [0.25, 0.3) is 0 Å². The molecule has 0 aliphatic heterocycles. The van der Waals surface area contributed by atoms with E-state index in [1.807, 2.05) is 97.1 Å². The molecule has 4 heterocycles. The number of rotatable bonds is 6. The standard InChI is InChI=1S/C52H31N5O2/c1-3-13-32(14-4-1)49-54-50(33-15-5-2-6-16-33)56-51(55-49)35-25-27-43-47(31-35)59-52(53-43)36-17-11-18-37(29-36)57-44-23-9-7-19-39(44)42-30-34(26-28-45(42)57)38-21-12-22-41-40-20-8-10-24-46(40)58-48(38)41/h1-31H. The Kier molecular flexibility index (Phi) is 7.40. The maximum Gasteiger partial charge on any atom is 0.227 e. The summed E-state index contributed by atoms with van der Waals surface area (Å²) in [4.78, 5) is 19.6. The summed E-state index contributed by atoms with van der Waals surface area (Å²) in [6, 6.07) is 64.1. The molecule has 12 rings (SSSR count). The monoisotopic (exact) mass is 757 g/mol. The Labute approximate surface area is 337 Å². The van der Waals surface area contributed by atoms with Gasteiger partial charge in [-0.3, -0.25) is 0 Å². The molecule has 0 spiro atoms. The Morgan fingerprint density at radius 1 is 0.356 bits per heavy atom. The minimum Gasteiger partial charge on any atom is -0.455 e. The number of nitrogens with zero attached hydrogens (tertiary/aromatic N) is 5. The van der Waals surface area contributed by atoms with Crippen molar-refractivity contribution < 1.29 is 8.83 Å². The minimum atomic E-state index is 0.534. The summed E-state index contributed by atoms with van der Waals surface area (Å²) in [5.74, 6) is 2.30. The molecular formula is C52H31N5O2. The largest absolute Gasteiger partial charge is 0.455 e. The topological polar surface area (TPSA) is 82.8 Å². The molecule has 7 nitrogen and oxygen atoms in total. The first-order valence-electron chi connectivity index (χ1n) is 19.5. The van der Waals surface area contributed by atoms with Crippen LogP contribution < -0.4 is 0 Å². The van der Waals surface area contributed by atoms with Crippen molar-refractivity contribution in [3.8, 4) is 62.4 Å². The van der Waals surface area contributed by atoms with Gasteiger partial charge in [-0.25, -0.2) is 19.9 Å². The number of fused-ring (bicyclic) bond motifs is 7. The summed E-state index contributed by atoms with van der Waals surface area (Å²) in [5, 5.41) is 4.58. The number of furan rings is 1. The van der Waals surface area contributed by atoms with Crippen molar-refractivity contribution >= 4 is 54.8 Å². The summed E-state index contributed by atoms with van der Waals surface area (Å²) in [6.07, 6.45) is 0. The smallest absolute Gasteiger partial charge is 0.227 e. The second kappa shape index (κ2) is 13.2. The lowest BCUT2D eigenvalue weighted by atomic mass is 10.0. The molecule has 59 heavy (non-hydrogen) atoms. The van der Waals surface area contributed by atoms with Crippen molar-refractivity contribution in [1.29, 1.82) is 0 Å². The fourth-order valence-corrected chi connectivity index (χ4v) is 8.30. The molecule has 0 bridgehead atoms. The lowest BCUT2D eigenvalue weighted by Gasteiger charge is -2.09. The van der Waals surface area contributed by atoms with Gasteiger partial charge in [0.05, 0.1) is 11.0 Å². The van der Waals surface area contributed by atoms with Gasteiger partial charge in [0.1, 0.15) is 16.7 Å². The number of aromatic nitrogens is 5. The van der Waals surface area contributed by atoms with Gasteiger partial charge >= 0.3 is 0 Å². The van der Waals surface area contributed by atoms with Crippen LogP contribution in [-0.4, -0.2) is 24.5 Å². The summed E-state index contributed by atoms with van der Waals surface area (Å²) < 4.78 is 15.3. The van der Waals surface area contributed by atoms with Gasteiger partial charge in [0.2, 0.25) is 5.89 Å². The van der Waals surface area contributed by atoms with Crippen molar-refractivity contribution in [1.82, 2.24) is 24.5 Å². The van der Waals surface area contributed by atoms with Gasteiger partial charge in [-0.05, 0) is 66.2 Å². The number of hydrogen-bond acceptors (Lipinski definition) is 6. The molecule has 0 atom stereocenters. The van der Waals surface area contributed by atoms with E-state index in [2.05, 4.69) is 95.6 Å². The van der Waals surface area contributed by atoms with Gasteiger partial charge < -0.3 is 13.4 Å². The number of benzene rings is 8. The van der Waals surface area contributed by atoms with Gasteiger partial charge in [0.15, 0.2) is 23.1 Å². The zero-order chi connectivity index (χ0) is 38.9. The lowest BCUT2D eigenvalue weighted by molar-refractivity contribution is 0.620. The number of hydrogen-bond donors (Lipinski definition) is 0. The highest BCUT2D eigenvalue weighted by Gasteiger charge is 2.19. The van der Waals surface area contributed by atoms with Gasteiger partial charge in [-0.1, -0.05) is 127 Å². The predicted molar refractivity (Wildman–Crippen MR) is 236 cm³/mol. The van der Waals surface area contributed by atoms with Crippen molar-refractivity contribution in [2.75, 3.05) is 0 Å². The number of oxazole rings is 1. The second-order valence-corrected chi connectivity index (χ2v) is 14.7. The normalized spacial score (nSPS) is 11.7. The third-order valence-electron chi connectivity index (χ3n) is 11.1. The molecule has 0 radical (unpaired) electrons. The Balaban J connectivity index is 0.939. The van der Waals surface area contributed by atoms with E-state index >= 15 is 0 Å². The first-order valence-corrected chi connectivity index (χ1v) is 19.5. The van der Waals surface area contributed by atoms with Gasteiger partial charge in [-0.2, -0.15) is 0 Å². The van der Waals surface area contributed by atoms with Crippen molar-refractivity contribution in [2.24, 2.45) is 0 Å². The fourth-order valence-electron chi connectivity index (χ4n) is 8.30. The van der Waals surface area contributed by atoms with Crippen LogP contribution in [0, 0.1) is 0 Å². The van der Waals surface area contributed by atoms with Crippen LogP contribution in [0.5, 0.6) is 0 Å². The van der Waals surface area contributed by atoms with Crippen LogP contribution in [-0.2, 0) is 0 Å². The zero-order valence-electron chi connectivity index (χ0n) is 31.5. The van der Waals surface area contributed by atoms with E-state index in [4.69, 9.17) is 28.8 Å². The van der Waals surface area contributed by atoms with Gasteiger partial charge in [-0.15, -0.1) is 0 Å². The van der Waals surface area contributed by atoms with Crippen LogP contribution in [0.2, 0.25) is 0 Å². The minimum absolute atomic E-state index is 0.534. The molecular weight excluding hydrogens is 727 g/mol. The highest BCUT2D eigenvalue weighted by molar-refractivity contribution is 6.13. The van der Waals surface area contributed by atoms with Gasteiger partial charge in [0, 0.05) is 55.0 Å². The number of para-hydroxylation sites is 3. The molecule has 0 aliphatic carbocycles. The van der Waals surface area contributed by atoms with Crippen LogP contribution in [0.4, 0.5) is 0 Å². The quantitative estimate of drug-likeness (QED) is 0.168. The molecule has 12 aromatic rings. The molecule has 0 fully saturated rings. The second-order valence-electron chi connectivity index (χ2n) is 14.7. The Bertz CT molecular complexity index is 3510. The Morgan fingerprint density at radius 3 is 1.78 bits per heavy atom. The van der Waals surface area contributed by atoms with E-state index in [1.54, 1.807) is 0 Å². The van der Waals surface area contributed by atoms with E-state index in [9.17, 15) is 0 Å². The summed E-state index contributed by atoms with van der Waals surface area (Å²) in [5.41, 5.74) is 12.1. The molecule has 7 heteroatoms. The highest BCUT2D eigenvalue weighted by Crippen LogP contribution is 2.40. The molecule has 0 amide bonds. The van der Waals surface area contributed by atoms with E-state index in [0.717, 1.165) is 82.9 Å². The summed E-state index contributed by atoms with van der Waals surface area (Å²) in [7, 11) is 0. The van der Waals surface area contributed by atoms with Crippen LogP contribution in [0.1, 0.15) is 0 Å². The lowest BCUT2D eigenvalue weighted by Crippen LogP contribution is -2.00. The molecule has 0 aliphatic rings. The first kappa shape index (κ1) is 33.0. The molecule has 4 aromatic heterocycles. The van der Waals surface area contributed by atoms with Crippen LogP contribution >= 0.6 is 0 Å². The fraction of sp³-hybridized carbons (Fsp3) is 0. The van der Waals surface area contributed by atoms with E-state index in [-0.39, 0.29) is 0 Å². The Morgan fingerprint density at radius 2 is 0.983 bits per heavy atom. The van der Waals surface area contributed by atoms with Crippen LogP contribution in [0.3, 0.4) is 0 Å². The molecule has 0 N–H and O–H groups in total. The maximum atomic E-state index is 6.51. The average Bonchev–Trinajstić information content (AvgIpc) is 4.01. The van der Waals surface area contributed by atoms with E-state index in [1.165, 1.54) is 5.39 Å². The van der Waals surface area contributed by atoms with Crippen molar-refractivity contribution in [3.05, 3.63) is 188 Å². The van der Waals surface area contributed by atoms with E-state index < -0.39 is 0 Å². The van der Waals surface area contributed by atoms with Crippen molar-refractivity contribution in [3.63, 3.8) is 0 Å². The highest BCUT2D eigenvalue weighted by atomic mass is 16.3. The summed E-state index contributed by atoms with van der Waals surface area (Å²) >= 11 is 0. The third kappa shape index (κ3) is 5.51. The molecule has 0 saturated carbocycles. The summed E-state index contributed by atoms with van der Waals surface area (Å²) in [6.45, 7) is 0. The van der Waals surface area contributed by atoms with E-state index in [0.29, 0.717) is 28.9 Å².